The van der Waals surface area contributed by atoms with Gasteiger partial charge in [-0.3, -0.25) is 0 Å². The first-order valence-corrected chi connectivity index (χ1v) is 4.80. The van der Waals surface area contributed by atoms with Gasteiger partial charge in [-0.05, 0) is 19.1 Å². The summed E-state index contributed by atoms with van der Waals surface area (Å²) in [4.78, 5) is 0. The van der Waals surface area contributed by atoms with Gasteiger partial charge in [0, 0.05) is 12.2 Å². The quantitative estimate of drug-likeness (QED) is 0.662. The molecule has 2 aliphatic rings. The molecule has 74 valence electrons. The summed E-state index contributed by atoms with van der Waals surface area (Å²) in [6.45, 7) is 5.76. The molecule has 2 heteroatoms. The summed E-state index contributed by atoms with van der Waals surface area (Å²) in [5.41, 5.74) is 9.82. The Morgan fingerprint density at radius 1 is 1.13 bits per heavy atom. The fourth-order valence-electron chi connectivity index (χ4n) is 1.47. The van der Waals surface area contributed by atoms with Gasteiger partial charge in [0.25, 0.3) is 0 Å². The molecule has 0 amide bonds. The van der Waals surface area contributed by atoms with Gasteiger partial charge in [0.15, 0.2) is 0 Å². The summed E-state index contributed by atoms with van der Waals surface area (Å²) in [5.74, 6) is 0. The molecule has 0 bridgehead atoms. The van der Waals surface area contributed by atoms with E-state index in [9.17, 15) is 0 Å². The molecule has 0 aromatic carbocycles. The van der Waals surface area contributed by atoms with E-state index in [1.54, 1.807) is 6.08 Å². The van der Waals surface area contributed by atoms with Crippen molar-refractivity contribution in [3.63, 3.8) is 0 Å². The molecule has 0 spiro atoms. The van der Waals surface area contributed by atoms with Gasteiger partial charge in [0.2, 0.25) is 0 Å². The van der Waals surface area contributed by atoms with Crippen LogP contribution in [0.5, 0.6) is 0 Å². The van der Waals surface area contributed by atoms with Crippen LogP contribution >= 0.6 is 0 Å². The number of hydrogen-bond donors (Lipinski definition) is 2. The lowest BCUT2D eigenvalue weighted by atomic mass is 10.1. The van der Waals surface area contributed by atoms with Crippen LogP contribution in [0.25, 0.3) is 0 Å². The van der Waals surface area contributed by atoms with Gasteiger partial charge in [-0.2, -0.15) is 0 Å². The van der Waals surface area contributed by atoms with E-state index in [-0.39, 0.29) is 0 Å². The first-order chi connectivity index (χ1) is 7.35. The zero-order chi connectivity index (χ0) is 10.7. The van der Waals surface area contributed by atoms with Gasteiger partial charge in [-0.1, -0.05) is 24.1 Å². The molecule has 2 N–H and O–H groups in total. The van der Waals surface area contributed by atoms with Crippen LogP contribution in [-0.2, 0) is 0 Å². The van der Waals surface area contributed by atoms with Gasteiger partial charge in [0.1, 0.15) is 0 Å². The van der Waals surface area contributed by atoms with E-state index >= 15 is 0 Å². The second kappa shape index (κ2) is 3.93. The Kier molecular flexibility index (Phi) is 2.47. The Morgan fingerprint density at radius 2 is 1.73 bits per heavy atom. The number of allylic oxidation sites excluding steroid dienone is 5. The lowest BCUT2D eigenvalue weighted by molar-refractivity contribution is 0.865. The summed E-state index contributed by atoms with van der Waals surface area (Å²) < 4.78 is 0. The fraction of sp³-hybridized carbons (Fsp3) is 0.0769. The molecule has 2 nitrogen and oxygen atoms in total. The van der Waals surface area contributed by atoms with E-state index in [2.05, 4.69) is 28.7 Å². The lowest BCUT2D eigenvalue weighted by Gasteiger charge is -2.23. The minimum Gasteiger partial charge on any atom is -0.352 e. The second-order valence-corrected chi connectivity index (χ2v) is 3.19. The predicted molar refractivity (Wildman–Crippen MR) is 61.5 cm³/mol. The molecule has 0 aromatic heterocycles. The predicted octanol–water partition coefficient (Wildman–Crippen LogP) is 2.24. The van der Waals surface area contributed by atoms with E-state index in [0.717, 1.165) is 22.8 Å². The highest BCUT2D eigenvalue weighted by atomic mass is 15.0. The molecule has 0 saturated heterocycles. The fourth-order valence-corrected chi connectivity index (χ4v) is 1.47. The Balaban J connectivity index is 2.35. The maximum Gasteiger partial charge on any atom is 0.0715 e. The van der Waals surface area contributed by atoms with Gasteiger partial charge in [-0.25, -0.2) is 0 Å². The highest BCUT2D eigenvalue weighted by Gasteiger charge is 2.13. The SMILES string of the molecule is C=CC1=C(/C=C\C)NC2=C(C=C=C=C2)N1. The van der Waals surface area contributed by atoms with Crippen molar-refractivity contribution in [2.24, 2.45) is 0 Å². The largest absolute Gasteiger partial charge is 0.352 e. The molecule has 0 aromatic rings. The van der Waals surface area contributed by atoms with Crippen LogP contribution in [-0.4, -0.2) is 0 Å². The molecule has 0 atom stereocenters. The van der Waals surface area contributed by atoms with Gasteiger partial charge in [-0.15, -0.1) is 0 Å². The summed E-state index contributed by atoms with van der Waals surface area (Å²) in [6.07, 6.45) is 9.51. The van der Waals surface area contributed by atoms with Crippen molar-refractivity contribution in [1.29, 1.82) is 0 Å². The monoisotopic (exact) mass is 196 g/mol. The van der Waals surface area contributed by atoms with Crippen LogP contribution in [0.4, 0.5) is 0 Å². The number of nitrogens with one attached hydrogen (secondary N) is 2. The van der Waals surface area contributed by atoms with Crippen molar-refractivity contribution >= 4 is 0 Å². The van der Waals surface area contributed by atoms with Crippen LogP contribution in [0.15, 0.2) is 71.2 Å². The Hall–Kier alpha value is -2.14. The van der Waals surface area contributed by atoms with Crippen molar-refractivity contribution in [2.75, 3.05) is 0 Å². The van der Waals surface area contributed by atoms with Crippen molar-refractivity contribution in [3.05, 3.63) is 71.2 Å². The van der Waals surface area contributed by atoms with E-state index in [1.807, 2.05) is 31.2 Å². The maximum absolute atomic E-state index is 3.78. The van der Waals surface area contributed by atoms with E-state index in [4.69, 9.17) is 0 Å². The molecule has 15 heavy (non-hydrogen) atoms. The molecule has 0 unspecified atom stereocenters. The Labute approximate surface area is 89.4 Å². The van der Waals surface area contributed by atoms with Crippen LogP contribution in [0, 0.1) is 0 Å². The normalized spacial score (nSPS) is 17.9. The van der Waals surface area contributed by atoms with Crippen molar-refractivity contribution < 1.29 is 0 Å². The third-order valence-electron chi connectivity index (χ3n) is 2.17. The molecule has 0 fully saturated rings. The zero-order valence-corrected chi connectivity index (χ0v) is 8.59. The van der Waals surface area contributed by atoms with E-state index < -0.39 is 0 Å². The standard InChI is InChI=1S/C13H12N2/c1-3-7-11-10(4-2)14-12-8-5-6-9-13(12)15-11/h3-4,7-9,14-15H,2H2,1H3/b7-3-. The highest BCUT2D eigenvalue weighted by Crippen LogP contribution is 2.17. The smallest absolute Gasteiger partial charge is 0.0715 e. The minimum atomic E-state index is 0.972. The van der Waals surface area contributed by atoms with E-state index in [1.165, 1.54) is 0 Å². The van der Waals surface area contributed by atoms with E-state index in [0.29, 0.717) is 0 Å². The summed E-state index contributed by atoms with van der Waals surface area (Å²) in [7, 11) is 0. The molecule has 1 aliphatic heterocycles. The van der Waals surface area contributed by atoms with Gasteiger partial charge < -0.3 is 10.6 Å². The average molecular weight is 196 g/mol. The lowest BCUT2D eigenvalue weighted by Crippen LogP contribution is -2.28. The molecular weight excluding hydrogens is 184 g/mol. The second-order valence-electron chi connectivity index (χ2n) is 3.19. The molecular formula is C13H12N2. The third kappa shape index (κ3) is 1.72. The zero-order valence-electron chi connectivity index (χ0n) is 8.59. The summed E-state index contributed by atoms with van der Waals surface area (Å²) >= 11 is 0. The number of hydrogen-bond acceptors (Lipinski definition) is 2. The molecule has 1 aliphatic carbocycles. The first-order valence-electron chi connectivity index (χ1n) is 4.80. The van der Waals surface area contributed by atoms with Crippen molar-refractivity contribution in [2.45, 2.75) is 6.92 Å². The first kappa shape index (κ1) is 9.42. The van der Waals surface area contributed by atoms with Crippen LogP contribution in [0.3, 0.4) is 0 Å². The van der Waals surface area contributed by atoms with Gasteiger partial charge >= 0.3 is 0 Å². The topological polar surface area (TPSA) is 24.1 Å². The Morgan fingerprint density at radius 3 is 2.27 bits per heavy atom. The summed E-state index contributed by atoms with van der Waals surface area (Å²) in [6, 6.07) is 0. The van der Waals surface area contributed by atoms with Crippen LogP contribution in [0.2, 0.25) is 0 Å². The van der Waals surface area contributed by atoms with Crippen molar-refractivity contribution in [3.8, 4) is 0 Å². The summed E-state index contributed by atoms with van der Waals surface area (Å²) in [5, 5.41) is 6.58. The van der Waals surface area contributed by atoms with Crippen LogP contribution < -0.4 is 10.6 Å². The highest BCUT2D eigenvalue weighted by molar-refractivity contribution is 5.47. The molecule has 2 rings (SSSR count). The number of rotatable bonds is 2. The molecule has 0 saturated carbocycles. The average Bonchev–Trinajstić information content (AvgIpc) is 2.28. The molecule has 1 heterocycles. The van der Waals surface area contributed by atoms with Gasteiger partial charge in [0.05, 0.1) is 22.8 Å². The minimum absolute atomic E-state index is 0.972. The third-order valence-corrected chi connectivity index (χ3v) is 2.17. The molecule has 0 radical (unpaired) electrons. The maximum atomic E-state index is 3.78. The van der Waals surface area contributed by atoms with Crippen molar-refractivity contribution in [1.82, 2.24) is 10.6 Å². The van der Waals surface area contributed by atoms with Crippen LogP contribution in [0.1, 0.15) is 6.92 Å². The Bertz CT molecular complexity index is 489.